The first kappa shape index (κ1) is 14.5. The molecule has 2 unspecified atom stereocenters. The molecule has 2 nitrogen and oxygen atoms in total. The first-order chi connectivity index (χ1) is 8.69. The number of rotatable bonds is 6. The summed E-state index contributed by atoms with van der Waals surface area (Å²) in [5.41, 5.74) is 0. The van der Waals surface area contributed by atoms with Gasteiger partial charge in [-0.15, -0.1) is 11.3 Å². The molecule has 1 fully saturated rings. The van der Waals surface area contributed by atoms with E-state index < -0.39 is 0 Å². The van der Waals surface area contributed by atoms with Crippen molar-refractivity contribution in [3.05, 3.63) is 20.8 Å². The minimum atomic E-state index is 0.743. The highest BCUT2D eigenvalue weighted by Crippen LogP contribution is 2.27. The molecule has 2 rings (SSSR count). The van der Waals surface area contributed by atoms with Crippen LogP contribution in [-0.2, 0) is 6.54 Å². The highest BCUT2D eigenvalue weighted by Gasteiger charge is 2.27. The van der Waals surface area contributed by atoms with Crippen molar-refractivity contribution in [3.63, 3.8) is 0 Å². The van der Waals surface area contributed by atoms with Crippen LogP contribution in [0.3, 0.4) is 0 Å². The molecule has 1 heterocycles. The molecule has 1 aromatic rings. The Morgan fingerprint density at radius 1 is 1.50 bits per heavy atom. The minimum Gasteiger partial charge on any atom is -0.314 e. The van der Waals surface area contributed by atoms with E-state index in [1.165, 1.54) is 35.2 Å². The van der Waals surface area contributed by atoms with E-state index in [1.54, 1.807) is 0 Å². The van der Waals surface area contributed by atoms with Crippen LogP contribution in [0.15, 0.2) is 15.9 Å². The van der Waals surface area contributed by atoms with Crippen LogP contribution < -0.4 is 5.32 Å². The fourth-order valence-electron chi connectivity index (χ4n) is 2.95. The predicted molar refractivity (Wildman–Crippen MR) is 83.2 cm³/mol. The largest absolute Gasteiger partial charge is 0.314 e. The Hall–Kier alpha value is 0.1000. The summed E-state index contributed by atoms with van der Waals surface area (Å²) in [6.45, 7) is 5.60. The van der Waals surface area contributed by atoms with Crippen LogP contribution >= 0.6 is 27.3 Å². The van der Waals surface area contributed by atoms with Crippen LogP contribution in [0, 0.1) is 5.92 Å². The standard InChI is InChI=1S/C14H23BrN2S/c1-3-16-14-6-4-5-11(14)8-17(2)9-13-7-12(15)10-18-13/h7,10-11,14,16H,3-6,8-9H2,1-2H3. The number of hydrogen-bond donors (Lipinski definition) is 1. The van der Waals surface area contributed by atoms with Crippen molar-refractivity contribution in [2.24, 2.45) is 5.92 Å². The highest BCUT2D eigenvalue weighted by molar-refractivity contribution is 9.10. The summed E-state index contributed by atoms with van der Waals surface area (Å²) in [7, 11) is 2.24. The molecule has 18 heavy (non-hydrogen) atoms. The van der Waals surface area contributed by atoms with Crippen LogP contribution in [0.25, 0.3) is 0 Å². The van der Waals surface area contributed by atoms with Crippen molar-refractivity contribution < 1.29 is 0 Å². The SMILES string of the molecule is CCNC1CCCC1CN(C)Cc1cc(Br)cs1. The van der Waals surface area contributed by atoms with Gasteiger partial charge in [-0.25, -0.2) is 0 Å². The fraction of sp³-hybridized carbons (Fsp3) is 0.714. The summed E-state index contributed by atoms with van der Waals surface area (Å²) in [5.74, 6) is 0.832. The maximum absolute atomic E-state index is 3.64. The Morgan fingerprint density at radius 3 is 3.00 bits per heavy atom. The van der Waals surface area contributed by atoms with Crippen molar-refractivity contribution in [2.75, 3.05) is 20.1 Å². The molecule has 2 atom stereocenters. The van der Waals surface area contributed by atoms with E-state index in [-0.39, 0.29) is 0 Å². The fourth-order valence-corrected chi connectivity index (χ4v) is 4.48. The van der Waals surface area contributed by atoms with Crippen molar-refractivity contribution in [1.82, 2.24) is 10.2 Å². The Labute approximate surface area is 123 Å². The lowest BCUT2D eigenvalue weighted by Crippen LogP contribution is -2.37. The van der Waals surface area contributed by atoms with Crippen LogP contribution in [0.2, 0.25) is 0 Å². The minimum absolute atomic E-state index is 0.743. The predicted octanol–water partition coefficient (Wildman–Crippen LogP) is 3.72. The highest BCUT2D eigenvalue weighted by atomic mass is 79.9. The monoisotopic (exact) mass is 330 g/mol. The van der Waals surface area contributed by atoms with Gasteiger partial charge in [-0.1, -0.05) is 13.3 Å². The maximum atomic E-state index is 3.64. The first-order valence-electron chi connectivity index (χ1n) is 6.84. The average Bonchev–Trinajstić information content (AvgIpc) is 2.90. The molecular formula is C14H23BrN2S. The lowest BCUT2D eigenvalue weighted by atomic mass is 10.0. The lowest BCUT2D eigenvalue weighted by Gasteiger charge is -2.25. The van der Waals surface area contributed by atoms with Gasteiger partial charge < -0.3 is 10.2 Å². The third-order valence-corrected chi connectivity index (χ3v) is 5.40. The molecule has 0 aliphatic heterocycles. The van der Waals surface area contributed by atoms with Gasteiger partial charge in [0.2, 0.25) is 0 Å². The third-order valence-electron chi connectivity index (χ3n) is 3.72. The van der Waals surface area contributed by atoms with Crippen LogP contribution in [-0.4, -0.2) is 31.1 Å². The van der Waals surface area contributed by atoms with Crippen molar-refractivity contribution in [3.8, 4) is 0 Å². The molecule has 0 saturated heterocycles. The Morgan fingerprint density at radius 2 is 2.33 bits per heavy atom. The number of hydrogen-bond acceptors (Lipinski definition) is 3. The summed E-state index contributed by atoms with van der Waals surface area (Å²) in [6.07, 6.45) is 4.13. The summed E-state index contributed by atoms with van der Waals surface area (Å²) < 4.78 is 1.21. The molecule has 1 aromatic heterocycles. The number of nitrogens with zero attached hydrogens (tertiary/aromatic N) is 1. The van der Waals surface area contributed by atoms with Gasteiger partial charge in [-0.05, 0) is 54.3 Å². The van der Waals surface area contributed by atoms with E-state index in [0.717, 1.165) is 25.0 Å². The smallest absolute Gasteiger partial charge is 0.0325 e. The second-order valence-electron chi connectivity index (χ2n) is 5.28. The van der Waals surface area contributed by atoms with Gasteiger partial charge in [0.1, 0.15) is 0 Å². The summed E-state index contributed by atoms with van der Waals surface area (Å²) >= 11 is 5.36. The van der Waals surface area contributed by atoms with E-state index in [9.17, 15) is 0 Å². The second-order valence-corrected chi connectivity index (χ2v) is 7.19. The third kappa shape index (κ3) is 4.05. The van der Waals surface area contributed by atoms with Crippen molar-refractivity contribution in [1.29, 1.82) is 0 Å². The van der Waals surface area contributed by atoms with Crippen LogP contribution in [0.5, 0.6) is 0 Å². The molecule has 1 aliphatic carbocycles. The molecular weight excluding hydrogens is 308 g/mol. The summed E-state index contributed by atoms with van der Waals surface area (Å²) in [4.78, 5) is 3.92. The van der Waals surface area contributed by atoms with Gasteiger partial charge in [-0.3, -0.25) is 0 Å². The Kier molecular flexibility index (Phi) is 5.67. The van der Waals surface area contributed by atoms with Gasteiger partial charge in [0.25, 0.3) is 0 Å². The average molecular weight is 331 g/mol. The number of halogens is 1. The van der Waals surface area contributed by atoms with E-state index in [1.807, 2.05) is 11.3 Å². The molecule has 0 radical (unpaired) electrons. The van der Waals surface area contributed by atoms with E-state index in [0.29, 0.717) is 0 Å². The van der Waals surface area contributed by atoms with E-state index in [4.69, 9.17) is 0 Å². The van der Waals surface area contributed by atoms with Gasteiger partial charge in [0.15, 0.2) is 0 Å². The zero-order chi connectivity index (χ0) is 13.0. The molecule has 0 bridgehead atoms. The summed E-state index contributed by atoms with van der Waals surface area (Å²) in [5, 5.41) is 5.80. The summed E-state index contributed by atoms with van der Waals surface area (Å²) in [6, 6.07) is 2.98. The molecule has 1 aliphatic rings. The zero-order valence-electron chi connectivity index (χ0n) is 11.3. The van der Waals surface area contributed by atoms with Gasteiger partial charge >= 0.3 is 0 Å². The van der Waals surface area contributed by atoms with Crippen molar-refractivity contribution >= 4 is 27.3 Å². The maximum Gasteiger partial charge on any atom is 0.0325 e. The topological polar surface area (TPSA) is 15.3 Å². The molecule has 0 amide bonds. The van der Waals surface area contributed by atoms with E-state index in [2.05, 4.69) is 51.6 Å². The molecule has 1 N–H and O–H groups in total. The Balaban J connectivity index is 1.81. The second kappa shape index (κ2) is 7.04. The van der Waals surface area contributed by atoms with E-state index >= 15 is 0 Å². The molecule has 0 aromatic carbocycles. The molecule has 1 saturated carbocycles. The molecule has 4 heteroatoms. The van der Waals surface area contributed by atoms with Crippen molar-refractivity contribution in [2.45, 2.75) is 38.8 Å². The van der Waals surface area contributed by atoms with Crippen LogP contribution in [0.1, 0.15) is 31.1 Å². The molecule has 102 valence electrons. The quantitative estimate of drug-likeness (QED) is 0.855. The zero-order valence-corrected chi connectivity index (χ0v) is 13.7. The van der Waals surface area contributed by atoms with Crippen LogP contribution in [0.4, 0.5) is 0 Å². The Bertz CT molecular complexity index is 366. The first-order valence-corrected chi connectivity index (χ1v) is 8.51. The number of thiophene rings is 1. The molecule has 0 spiro atoms. The lowest BCUT2D eigenvalue weighted by molar-refractivity contribution is 0.247. The van der Waals surface area contributed by atoms with Gasteiger partial charge in [-0.2, -0.15) is 0 Å². The van der Waals surface area contributed by atoms with Gasteiger partial charge in [0, 0.05) is 33.9 Å². The number of nitrogens with one attached hydrogen (secondary N) is 1. The normalized spacial score (nSPS) is 24.0. The van der Waals surface area contributed by atoms with Gasteiger partial charge in [0.05, 0.1) is 0 Å².